The Bertz CT molecular complexity index is 799. The zero-order valence-electron chi connectivity index (χ0n) is 14.7. The Morgan fingerprint density at radius 3 is 2.22 bits per heavy atom. The van der Waals surface area contributed by atoms with Crippen LogP contribution in [0.4, 0.5) is 18.9 Å². The fourth-order valence-electron chi connectivity index (χ4n) is 3.85. The third kappa shape index (κ3) is 4.73. The van der Waals surface area contributed by atoms with Gasteiger partial charge in [0, 0.05) is 12.2 Å². The highest BCUT2D eigenvalue weighted by Crippen LogP contribution is 2.46. The summed E-state index contributed by atoms with van der Waals surface area (Å²) in [5.41, 5.74) is -0.0423. The summed E-state index contributed by atoms with van der Waals surface area (Å²) < 4.78 is 68.1. The molecule has 27 heavy (non-hydrogen) atoms. The molecule has 0 radical (unpaired) electrons. The Kier molecular flexibility index (Phi) is 5.15. The van der Waals surface area contributed by atoms with Crippen molar-refractivity contribution in [1.29, 1.82) is 0 Å². The summed E-state index contributed by atoms with van der Waals surface area (Å²) in [5.74, 6) is -0.421. The number of ether oxygens (including phenoxy) is 1. The molecule has 1 saturated carbocycles. The van der Waals surface area contributed by atoms with Gasteiger partial charge in [-0.2, -0.15) is 8.42 Å². The summed E-state index contributed by atoms with van der Waals surface area (Å²) in [7, 11) is -3.53. The van der Waals surface area contributed by atoms with Crippen molar-refractivity contribution >= 4 is 21.7 Å². The lowest BCUT2D eigenvalue weighted by Crippen LogP contribution is -2.39. The molecule has 0 N–H and O–H groups in total. The first kappa shape index (κ1) is 19.9. The van der Waals surface area contributed by atoms with Crippen LogP contribution in [-0.4, -0.2) is 39.6 Å². The maximum atomic E-state index is 12.9. The van der Waals surface area contributed by atoms with Crippen LogP contribution >= 0.6 is 0 Å². The second-order valence-electron chi connectivity index (χ2n) is 7.03. The molecule has 150 valence electrons. The van der Waals surface area contributed by atoms with Crippen molar-refractivity contribution in [2.75, 3.05) is 17.7 Å². The Labute approximate surface area is 155 Å². The third-order valence-electron chi connectivity index (χ3n) is 5.10. The second kappa shape index (κ2) is 6.97. The summed E-state index contributed by atoms with van der Waals surface area (Å²) in [6.45, 7) is 0.468. The monoisotopic (exact) mass is 407 g/mol. The number of carbonyl (C=O) groups is 1. The summed E-state index contributed by atoms with van der Waals surface area (Å²) in [4.78, 5) is 14.5. The van der Waals surface area contributed by atoms with Gasteiger partial charge in [0.25, 0.3) is 10.1 Å². The number of amides is 1. The van der Waals surface area contributed by atoms with Crippen LogP contribution in [0.15, 0.2) is 24.3 Å². The Morgan fingerprint density at radius 2 is 1.70 bits per heavy atom. The van der Waals surface area contributed by atoms with Crippen molar-refractivity contribution in [3.8, 4) is 5.75 Å². The van der Waals surface area contributed by atoms with Crippen LogP contribution < -0.4 is 9.64 Å². The SMILES string of the molecule is CS(=O)(=O)OC1CCC2(CC1)CCN(c1ccc(OC(F)(F)F)cc1)C2=O. The lowest BCUT2D eigenvalue weighted by Gasteiger charge is -2.35. The van der Waals surface area contributed by atoms with E-state index < -0.39 is 28.0 Å². The molecule has 2 aliphatic rings. The molecule has 1 saturated heterocycles. The number of anilines is 1. The van der Waals surface area contributed by atoms with Crippen molar-refractivity contribution in [2.45, 2.75) is 44.6 Å². The van der Waals surface area contributed by atoms with Gasteiger partial charge in [0.15, 0.2) is 0 Å². The maximum Gasteiger partial charge on any atom is 0.573 e. The zero-order valence-corrected chi connectivity index (χ0v) is 15.5. The predicted molar refractivity (Wildman–Crippen MR) is 90.7 cm³/mol. The van der Waals surface area contributed by atoms with E-state index in [0.717, 1.165) is 6.26 Å². The minimum absolute atomic E-state index is 0.0789. The smallest absolute Gasteiger partial charge is 0.406 e. The molecule has 6 nitrogen and oxygen atoms in total. The van der Waals surface area contributed by atoms with E-state index in [1.54, 1.807) is 4.90 Å². The van der Waals surface area contributed by atoms with Crippen molar-refractivity contribution < 1.29 is 35.3 Å². The van der Waals surface area contributed by atoms with Crippen molar-refractivity contribution in [3.63, 3.8) is 0 Å². The number of carbonyl (C=O) groups excluding carboxylic acids is 1. The second-order valence-corrected chi connectivity index (χ2v) is 8.63. The maximum absolute atomic E-state index is 12.9. The lowest BCUT2D eigenvalue weighted by molar-refractivity contribution is -0.274. The average Bonchev–Trinajstić information content (AvgIpc) is 2.85. The molecule has 2 fully saturated rings. The normalized spacial score (nSPS) is 26.6. The van der Waals surface area contributed by atoms with E-state index in [-0.39, 0.29) is 11.7 Å². The molecule has 0 unspecified atom stereocenters. The topological polar surface area (TPSA) is 72.9 Å². The first-order valence-electron chi connectivity index (χ1n) is 8.54. The molecule has 1 aliphatic carbocycles. The van der Waals surface area contributed by atoms with E-state index in [4.69, 9.17) is 4.18 Å². The number of nitrogens with zero attached hydrogens (tertiary/aromatic N) is 1. The number of alkyl halides is 3. The highest BCUT2D eigenvalue weighted by molar-refractivity contribution is 7.86. The van der Waals surface area contributed by atoms with Crippen LogP contribution in [0.3, 0.4) is 0 Å². The molecule has 1 aliphatic heterocycles. The van der Waals surface area contributed by atoms with Gasteiger partial charge in [-0.25, -0.2) is 0 Å². The van der Waals surface area contributed by atoms with Crippen LogP contribution in [0, 0.1) is 5.41 Å². The van der Waals surface area contributed by atoms with E-state index in [1.165, 1.54) is 24.3 Å². The van der Waals surface area contributed by atoms with Crippen molar-refractivity contribution in [1.82, 2.24) is 0 Å². The number of halogens is 3. The first-order chi connectivity index (χ1) is 12.5. The lowest BCUT2D eigenvalue weighted by atomic mass is 9.72. The minimum atomic E-state index is -4.76. The molecule has 10 heteroatoms. The van der Waals surface area contributed by atoms with Gasteiger partial charge in [-0.3, -0.25) is 8.98 Å². The standard InChI is InChI=1S/C17H20F3NO5S/c1-27(23,24)26-14-6-8-16(9-7-14)10-11-21(15(16)22)12-2-4-13(5-3-12)25-17(18,19)20/h2-5,14H,6-11H2,1H3. The molecule has 3 rings (SSSR count). The van der Waals surface area contributed by atoms with Crippen LogP contribution in [0.5, 0.6) is 5.75 Å². The number of hydrogen-bond acceptors (Lipinski definition) is 5. The highest BCUT2D eigenvalue weighted by Gasteiger charge is 2.49. The van der Waals surface area contributed by atoms with Gasteiger partial charge in [0.05, 0.1) is 17.8 Å². The number of benzene rings is 1. The van der Waals surface area contributed by atoms with Crippen LogP contribution in [0.2, 0.25) is 0 Å². The van der Waals surface area contributed by atoms with E-state index >= 15 is 0 Å². The largest absolute Gasteiger partial charge is 0.573 e. The summed E-state index contributed by atoms with van der Waals surface area (Å²) in [6, 6.07) is 5.21. The van der Waals surface area contributed by atoms with Gasteiger partial charge in [0.2, 0.25) is 5.91 Å². The predicted octanol–water partition coefficient (Wildman–Crippen LogP) is 3.23. The Morgan fingerprint density at radius 1 is 1.11 bits per heavy atom. The van der Waals surface area contributed by atoms with Gasteiger partial charge >= 0.3 is 6.36 Å². The van der Waals surface area contributed by atoms with E-state index in [9.17, 15) is 26.4 Å². The summed E-state index contributed by atoms with van der Waals surface area (Å²) in [6.07, 6.45) is -1.54. The molecule has 1 aromatic carbocycles. The summed E-state index contributed by atoms with van der Waals surface area (Å²) >= 11 is 0. The van der Waals surface area contributed by atoms with Crippen molar-refractivity contribution in [3.05, 3.63) is 24.3 Å². The summed E-state index contributed by atoms with van der Waals surface area (Å²) in [5, 5.41) is 0. The van der Waals surface area contributed by atoms with Crippen LogP contribution in [-0.2, 0) is 19.1 Å². The molecular formula is C17H20F3NO5S. The third-order valence-corrected chi connectivity index (χ3v) is 5.72. The fraction of sp³-hybridized carbons (Fsp3) is 0.588. The molecular weight excluding hydrogens is 387 g/mol. The van der Waals surface area contributed by atoms with Crippen LogP contribution in [0.1, 0.15) is 32.1 Å². The van der Waals surface area contributed by atoms with Gasteiger partial charge in [0.1, 0.15) is 5.75 Å². The van der Waals surface area contributed by atoms with Gasteiger partial charge in [-0.15, -0.1) is 13.2 Å². The minimum Gasteiger partial charge on any atom is -0.406 e. The number of rotatable bonds is 4. The quantitative estimate of drug-likeness (QED) is 0.717. The van der Waals surface area contributed by atoms with Crippen molar-refractivity contribution in [2.24, 2.45) is 5.41 Å². The molecule has 1 aromatic rings. The molecule has 0 bridgehead atoms. The fourth-order valence-corrected chi connectivity index (χ4v) is 4.53. The highest BCUT2D eigenvalue weighted by atomic mass is 32.2. The zero-order chi connectivity index (χ0) is 19.9. The Balaban J connectivity index is 1.65. The average molecular weight is 407 g/mol. The van der Waals surface area contributed by atoms with Gasteiger partial charge < -0.3 is 9.64 Å². The molecule has 1 amide bonds. The molecule has 1 spiro atoms. The van der Waals surface area contributed by atoms with Gasteiger partial charge in [-0.05, 0) is 56.4 Å². The van der Waals surface area contributed by atoms with Gasteiger partial charge in [-0.1, -0.05) is 0 Å². The van der Waals surface area contributed by atoms with E-state index in [0.29, 0.717) is 44.3 Å². The molecule has 0 aromatic heterocycles. The molecule has 1 heterocycles. The Hall–Kier alpha value is -1.81. The van der Waals surface area contributed by atoms with Crippen LogP contribution in [0.25, 0.3) is 0 Å². The molecule has 0 atom stereocenters. The van der Waals surface area contributed by atoms with E-state index in [2.05, 4.69) is 4.74 Å². The number of hydrogen-bond donors (Lipinski definition) is 0. The van der Waals surface area contributed by atoms with E-state index in [1.807, 2.05) is 0 Å². The first-order valence-corrected chi connectivity index (χ1v) is 10.4.